The fourth-order valence-electron chi connectivity index (χ4n) is 3.72. The summed E-state index contributed by atoms with van der Waals surface area (Å²) in [5, 5.41) is 0. The van der Waals surface area contributed by atoms with Crippen molar-refractivity contribution >= 4 is 21.6 Å². The lowest BCUT2D eigenvalue weighted by atomic mass is 10.0. The standard InChI is InChI=1S/C22H28N2O4S/c1-4-23(5-2)29(26,27)20-12-13-21-18(16-20)7-6-14-24(21)22(25)15-17-8-10-19(28-3)11-9-17/h8-13,16H,4-7,14-15H2,1-3H3. The molecule has 0 aromatic heterocycles. The van der Waals surface area contributed by atoms with Gasteiger partial charge in [0.05, 0.1) is 18.4 Å². The van der Waals surface area contributed by atoms with E-state index in [2.05, 4.69) is 0 Å². The minimum atomic E-state index is -3.51. The second kappa shape index (κ2) is 8.97. The van der Waals surface area contributed by atoms with Crippen LogP contribution in [0.4, 0.5) is 5.69 Å². The first-order valence-electron chi connectivity index (χ1n) is 9.97. The first-order chi connectivity index (χ1) is 13.9. The molecular weight excluding hydrogens is 388 g/mol. The van der Waals surface area contributed by atoms with E-state index < -0.39 is 10.0 Å². The van der Waals surface area contributed by atoms with Crippen molar-refractivity contribution < 1.29 is 17.9 Å². The Morgan fingerprint density at radius 1 is 1.10 bits per heavy atom. The summed E-state index contributed by atoms with van der Waals surface area (Å²) >= 11 is 0. The molecule has 0 N–H and O–H groups in total. The Bertz CT molecular complexity index is 967. The Balaban J connectivity index is 1.84. The molecule has 0 saturated heterocycles. The van der Waals surface area contributed by atoms with Gasteiger partial charge in [-0.05, 0) is 54.3 Å². The summed E-state index contributed by atoms with van der Waals surface area (Å²) in [5.41, 5.74) is 2.64. The summed E-state index contributed by atoms with van der Waals surface area (Å²) in [6.45, 7) is 5.17. The van der Waals surface area contributed by atoms with Gasteiger partial charge in [-0.15, -0.1) is 0 Å². The maximum absolute atomic E-state index is 12.9. The molecule has 156 valence electrons. The number of fused-ring (bicyclic) bond motifs is 1. The lowest BCUT2D eigenvalue weighted by Crippen LogP contribution is -2.37. The lowest BCUT2D eigenvalue weighted by Gasteiger charge is -2.30. The summed E-state index contributed by atoms with van der Waals surface area (Å²) in [4.78, 5) is 15.0. The summed E-state index contributed by atoms with van der Waals surface area (Å²) in [6.07, 6.45) is 1.88. The third-order valence-corrected chi connectivity index (χ3v) is 7.37. The number of aryl methyl sites for hydroxylation is 1. The van der Waals surface area contributed by atoms with E-state index in [1.807, 2.05) is 38.1 Å². The molecular formula is C22H28N2O4S. The van der Waals surface area contributed by atoms with Gasteiger partial charge in [-0.1, -0.05) is 26.0 Å². The van der Waals surface area contributed by atoms with Gasteiger partial charge in [-0.2, -0.15) is 4.31 Å². The van der Waals surface area contributed by atoms with Crippen molar-refractivity contribution in [3.63, 3.8) is 0 Å². The van der Waals surface area contributed by atoms with Crippen LogP contribution in [0.3, 0.4) is 0 Å². The van der Waals surface area contributed by atoms with Gasteiger partial charge in [-0.3, -0.25) is 4.79 Å². The number of hydrogen-bond donors (Lipinski definition) is 0. The fourth-order valence-corrected chi connectivity index (χ4v) is 5.23. The third-order valence-electron chi connectivity index (χ3n) is 5.33. The molecule has 1 aliphatic heterocycles. The molecule has 1 aliphatic rings. The van der Waals surface area contributed by atoms with Crippen molar-refractivity contribution in [3.05, 3.63) is 53.6 Å². The van der Waals surface area contributed by atoms with Crippen molar-refractivity contribution in [1.82, 2.24) is 4.31 Å². The van der Waals surface area contributed by atoms with Crippen LogP contribution in [0.15, 0.2) is 47.4 Å². The number of nitrogens with zero attached hydrogens (tertiary/aromatic N) is 2. The molecule has 0 unspecified atom stereocenters. The van der Waals surface area contributed by atoms with Crippen LogP contribution in [0.5, 0.6) is 5.75 Å². The average molecular weight is 417 g/mol. The van der Waals surface area contributed by atoms with Crippen LogP contribution in [-0.2, 0) is 27.7 Å². The zero-order valence-corrected chi connectivity index (χ0v) is 18.0. The van der Waals surface area contributed by atoms with Crippen LogP contribution >= 0.6 is 0 Å². The number of methoxy groups -OCH3 is 1. The average Bonchev–Trinajstić information content (AvgIpc) is 2.74. The van der Waals surface area contributed by atoms with Gasteiger partial charge in [0.15, 0.2) is 0 Å². The maximum atomic E-state index is 12.9. The molecule has 7 heteroatoms. The highest BCUT2D eigenvalue weighted by Crippen LogP contribution is 2.31. The van der Waals surface area contributed by atoms with Crippen molar-refractivity contribution in [2.24, 2.45) is 0 Å². The number of benzene rings is 2. The van der Waals surface area contributed by atoms with Crippen LogP contribution < -0.4 is 9.64 Å². The number of amides is 1. The van der Waals surface area contributed by atoms with Crippen molar-refractivity contribution in [2.75, 3.05) is 31.6 Å². The van der Waals surface area contributed by atoms with E-state index in [0.29, 0.717) is 31.0 Å². The van der Waals surface area contributed by atoms with Gasteiger partial charge < -0.3 is 9.64 Å². The van der Waals surface area contributed by atoms with Crippen LogP contribution in [0, 0.1) is 0 Å². The molecule has 0 bridgehead atoms. The van der Waals surface area contributed by atoms with E-state index in [9.17, 15) is 13.2 Å². The van der Waals surface area contributed by atoms with Crippen LogP contribution in [-0.4, -0.2) is 45.4 Å². The highest BCUT2D eigenvalue weighted by atomic mass is 32.2. The van der Waals surface area contributed by atoms with Gasteiger partial charge >= 0.3 is 0 Å². The van der Waals surface area contributed by atoms with E-state index in [-0.39, 0.29) is 5.91 Å². The zero-order chi connectivity index (χ0) is 21.0. The van der Waals surface area contributed by atoms with E-state index in [4.69, 9.17) is 4.74 Å². The molecule has 0 saturated carbocycles. The van der Waals surface area contributed by atoms with Gasteiger partial charge in [0.25, 0.3) is 0 Å². The molecule has 2 aromatic rings. The number of anilines is 1. The summed E-state index contributed by atoms with van der Waals surface area (Å²) < 4.78 is 32.3. The van der Waals surface area contributed by atoms with E-state index in [1.54, 1.807) is 30.2 Å². The quantitative estimate of drug-likeness (QED) is 0.695. The second-order valence-corrected chi connectivity index (χ2v) is 8.99. The minimum absolute atomic E-state index is 0.00969. The van der Waals surface area contributed by atoms with Crippen LogP contribution in [0.1, 0.15) is 31.4 Å². The number of hydrogen-bond acceptors (Lipinski definition) is 4. The van der Waals surface area contributed by atoms with Gasteiger partial charge in [0.2, 0.25) is 15.9 Å². The number of sulfonamides is 1. The number of rotatable bonds is 7. The fraction of sp³-hybridized carbons (Fsp3) is 0.409. The van der Waals surface area contributed by atoms with E-state index in [1.165, 1.54) is 4.31 Å². The predicted octanol–water partition coefficient (Wildman–Crippen LogP) is 3.25. The summed E-state index contributed by atoms with van der Waals surface area (Å²) in [5.74, 6) is 0.766. The first-order valence-corrected chi connectivity index (χ1v) is 11.4. The van der Waals surface area contributed by atoms with E-state index in [0.717, 1.165) is 35.4 Å². The number of ether oxygens (including phenoxy) is 1. The minimum Gasteiger partial charge on any atom is -0.497 e. The highest BCUT2D eigenvalue weighted by molar-refractivity contribution is 7.89. The molecule has 0 radical (unpaired) electrons. The maximum Gasteiger partial charge on any atom is 0.243 e. The number of carbonyl (C=O) groups excluding carboxylic acids is 1. The molecule has 1 amide bonds. The topological polar surface area (TPSA) is 66.9 Å². The molecule has 0 fully saturated rings. The molecule has 1 heterocycles. The molecule has 0 spiro atoms. The third kappa shape index (κ3) is 4.46. The van der Waals surface area contributed by atoms with Gasteiger partial charge in [0.1, 0.15) is 5.75 Å². The molecule has 0 aliphatic carbocycles. The Morgan fingerprint density at radius 2 is 1.79 bits per heavy atom. The Labute approximate surface area is 173 Å². The molecule has 2 aromatic carbocycles. The highest BCUT2D eigenvalue weighted by Gasteiger charge is 2.27. The summed E-state index contributed by atoms with van der Waals surface area (Å²) in [6, 6.07) is 12.6. The largest absolute Gasteiger partial charge is 0.497 e. The SMILES string of the molecule is CCN(CC)S(=O)(=O)c1ccc2c(c1)CCCN2C(=O)Cc1ccc(OC)cc1. The van der Waals surface area contributed by atoms with Crippen molar-refractivity contribution in [3.8, 4) is 5.75 Å². The molecule has 3 rings (SSSR count). The lowest BCUT2D eigenvalue weighted by molar-refractivity contribution is -0.118. The second-order valence-electron chi connectivity index (χ2n) is 7.05. The first kappa shape index (κ1) is 21.3. The summed E-state index contributed by atoms with van der Waals surface area (Å²) in [7, 11) is -1.90. The van der Waals surface area contributed by atoms with Crippen LogP contribution in [0.2, 0.25) is 0 Å². The molecule has 6 nitrogen and oxygen atoms in total. The Morgan fingerprint density at radius 3 is 2.41 bits per heavy atom. The zero-order valence-electron chi connectivity index (χ0n) is 17.2. The van der Waals surface area contributed by atoms with Crippen molar-refractivity contribution in [1.29, 1.82) is 0 Å². The van der Waals surface area contributed by atoms with Crippen molar-refractivity contribution in [2.45, 2.75) is 38.0 Å². The Hall–Kier alpha value is -2.38. The van der Waals surface area contributed by atoms with Crippen LogP contribution in [0.25, 0.3) is 0 Å². The molecule has 0 atom stereocenters. The predicted molar refractivity (Wildman–Crippen MR) is 114 cm³/mol. The van der Waals surface area contributed by atoms with Gasteiger partial charge in [0, 0.05) is 25.3 Å². The monoisotopic (exact) mass is 416 g/mol. The number of carbonyl (C=O) groups is 1. The smallest absolute Gasteiger partial charge is 0.243 e. The molecule has 29 heavy (non-hydrogen) atoms. The normalized spacial score (nSPS) is 14.0. The van der Waals surface area contributed by atoms with E-state index >= 15 is 0 Å². The van der Waals surface area contributed by atoms with Gasteiger partial charge in [-0.25, -0.2) is 8.42 Å². The Kier molecular flexibility index (Phi) is 6.59.